The molecule has 0 saturated carbocycles. The molecule has 7 heteroatoms. The van der Waals surface area contributed by atoms with Crippen LogP contribution in [0.5, 0.6) is 5.75 Å². The molecule has 6 nitrogen and oxygen atoms in total. The topological polar surface area (TPSA) is 68.5 Å². The van der Waals surface area contributed by atoms with Crippen LogP contribution in [0, 0.1) is 0 Å². The number of rotatable bonds is 4. The van der Waals surface area contributed by atoms with E-state index in [9.17, 15) is 4.79 Å². The van der Waals surface area contributed by atoms with Crippen LogP contribution in [0.2, 0.25) is 0 Å². The summed E-state index contributed by atoms with van der Waals surface area (Å²) in [5, 5.41) is 8.91. The normalized spacial score (nSPS) is 10.6. The molecule has 0 aliphatic rings. The Bertz CT molecular complexity index is 865. The lowest BCUT2D eigenvalue weighted by molar-refractivity contribution is -0.112. The number of anilines is 1. The van der Waals surface area contributed by atoms with E-state index in [4.69, 9.17) is 4.74 Å². The maximum absolute atomic E-state index is 11.6. The summed E-state index contributed by atoms with van der Waals surface area (Å²) < 4.78 is 7.07. The summed E-state index contributed by atoms with van der Waals surface area (Å²) in [6.45, 7) is 5.23. The molecule has 22 heavy (non-hydrogen) atoms. The number of aromatic nitrogens is 3. The Balaban J connectivity index is 2.03. The number of hydrogen-bond acceptors (Lipinski definition) is 5. The van der Waals surface area contributed by atoms with Crippen LogP contribution in [0.3, 0.4) is 0 Å². The quantitative estimate of drug-likeness (QED) is 0.752. The fraction of sp³-hybridized carbons (Fsp3) is 0.133. The zero-order valence-corrected chi connectivity index (χ0v) is 13.0. The minimum atomic E-state index is -0.294. The number of ether oxygens (including phenoxy) is 1. The number of methoxy groups -OCH3 is 1. The molecule has 0 saturated heterocycles. The lowest BCUT2D eigenvalue weighted by Gasteiger charge is -2.06. The molecule has 0 spiro atoms. The van der Waals surface area contributed by atoms with Crippen molar-refractivity contribution in [2.24, 2.45) is 0 Å². The van der Waals surface area contributed by atoms with E-state index in [1.165, 1.54) is 11.3 Å². The second-order valence-corrected chi connectivity index (χ2v) is 5.52. The van der Waals surface area contributed by atoms with Crippen molar-refractivity contribution in [1.82, 2.24) is 14.6 Å². The number of nitrogens with one attached hydrogen (secondary N) is 1. The van der Waals surface area contributed by atoms with Crippen molar-refractivity contribution in [3.8, 4) is 17.0 Å². The lowest BCUT2D eigenvalue weighted by atomic mass is 10.1. The first-order valence-electron chi connectivity index (χ1n) is 6.54. The van der Waals surface area contributed by atoms with Crippen LogP contribution in [0.15, 0.2) is 41.8 Å². The highest BCUT2D eigenvalue weighted by molar-refractivity contribution is 7.15. The Morgan fingerprint density at radius 2 is 2.18 bits per heavy atom. The van der Waals surface area contributed by atoms with Crippen molar-refractivity contribution < 1.29 is 9.53 Å². The highest BCUT2D eigenvalue weighted by Gasteiger charge is 2.15. The third kappa shape index (κ3) is 2.46. The van der Waals surface area contributed by atoms with Gasteiger partial charge in [-0.15, -0.1) is 16.4 Å². The van der Waals surface area contributed by atoms with Gasteiger partial charge >= 0.3 is 0 Å². The monoisotopic (exact) mass is 314 g/mol. The van der Waals surface area contributed by atoms with E-state index in [0.717, 1.165) is 17.0 Å². The number of thiazole rings is 1. The van der Waals surface area contributed by atoms with E-state index in [1.807, 2.05) is 29.6 Å². The van der Waals surface area contributed by atoms with Gasteiger partial charge in [0.05, 0.1) is 12.8 Å². The van der Waals surface area contributed by atoms with Crippen LogP contribution in [0.4, 0.5) is 5.95 Å². The average molecular weight is 314 g/mol. The Kier molecular flexibility index (Phi) is 3.64. The van der Waals surface area contributed by atoms with Gasteiger partial charge in [-0.1, -0.05) is 18.7 Å². The van der Waals surface area contributed by atoms with Gasteiger partial charge in [-0.2, -0.15) is 4.98 Å². The van der Waals surface area contributed by atoms with E-state index in [0.29, 0.717) is 10.5 Å². The first kappa shape index (κ1) is 14.3. The fourth-order valence-corrected chi connectivity index (χ4v) is 2.81. The average Bonchev–Trinajstić information content (AvgIpc) is 3.06. The maximum Gasteiger partial charge on any atom is 0.253 e. The van der Waals surface area contributed by atoms with Crippen LogP contribution in [-0.4, -0.2) is 27.6 Å². The second-order valence-electron chi connectivity index (χ2n) is 4.69. The number of fused-ring (bicyclic) bond motifs is 1. The maximum atomic E-state index is 11.6. The summed E-state index contributed by atoms with van der Waals surface area (Å²) in [7, 11) is 1.63. The number of carbonyl (C=O) groups excluding carboxylic acids is 1. The number of carbonyl (C=O) groups is 1. The van der Waals surface area contributed by atoms with Crippen molar-refractivity contribution in [1.29, 1.82) is 0 Å². The Morgan fingerprint density at radius 3 is 2.91 bits per heavy atom. The molecule has 2 heterocycles. The molecule has 112 valence electrons. The molecule has 0 unspecified atom stereocenters. The lowest BCUT2D eigenvalue weighted by Crippen LogP contribution is -2.13. The van der Waals surface area contributed by atoms with Gasteiger partial charge in [-0.05, 0) is 19.1 Å². The molecule has 3 rings (SSSR count). The molecule has 0 radical (unpaired) electrons. The summed E-state index contributed by atoms with van der Waals surface area (Å²) in [6.07, 6.45) is 0. The van der Waals surface area contributed by atoms with Crippen LogP contribution in [0.25, 0.3) is 16.2 Å². The Morgan fingerprint density at radius 1 is 1.41 bits per heavy atom. The fourth-order valence-electron chi connectivity index (χ4n) is 1.98. The van der Waals surface area contributed by atoms with E-state index in [2.05, 4.69) is 22.0 Å². The molecule has 1 N–H and O–H groups in total. The summed E-state index contributed by atoms with van der Waals surface area (Å²) in [4.78, 5) is 16.6. The molecule has 1 amide bonds. The molecule has 1 aromatic carbocycles. The number of nitrogens with zero attached hydrogens (tertiary/aromatic N) is 3. The van der Waals surface area contributed by atoms with Gasteiger partial charge in [0.15, 0.2) is 0 Å². The molecule has 3 aromatic rings. The predicted octanol–water partition coefficient (Wildman–Crippen LogP) is 2.98. The predicted molar refractivity (Wildman–Crippen MR) is 86.3 cm³/mol. The van der Waals surface area contributed by atoms with Gasteiger partial charge in [-0.25, -0.2) is 4.52 Å². The van der Waals surface area contributed by atoms with E-state index >= 15 is 0 Å². The zero-order valence-electron chi connectivity index (χ0n) is 12.2. The molecular formula is C15H14N4O2S. The zero-order chi connectivity index (χ0) is 15.7. The highest BCUT2D eigenvalue weighted by atomic mass is 32.1. The minimum absolute atomic E-state index is 0.260. The van der Waals surface area contributed by atoms with Gasteiger partial charge in [0.1, 0.15) is 5.75 Å². The van der Waals surface area contributed by atoms with Gasteiger partial charge in [0.2, 0.25) is 4.96 Å². The SMILES string of the molecule is C=C(C)C(=O)Nc1nc2scc(-c3ccccc3OC)n2n1. The largest absolute Gasteiger partial charge is 0.496 e. The van der Waals surface area contributed by atoms with Crippen LogP contribution in [-0.2, 0) is 4.79 Å². The van der Waals surface area contributed by atoms with Crippen molar-refractivity contribution >= 4 is 28.2 Å². The van der Waals surface area contributed by atoms with E-state index in [-0.39, 0.29) is 11.9 Å². The summed E-state index contributed by atoms with van der Waals surface area (Å²) >= 11 is 1.44. The summed E-state index contributed by atoms with van der Waals surface area (Å²) in [5.74, 6) is 0.721. The van der Waals surface area contributed by atoms with E-state index in [1.54, 1.807) is 18.5 Å². The van der Waals surface area contributed by atoms with Crippen molar-refractivity contribution in [2.45, 2.75) is 6.92 Å². The second kappa shape index (κ2) is 5.61. The van der Waals surface area contributed by atoms with Crippen LogP contribution in [0.1, 0.15) is 6.92 Å². The molecular weight excluding hydrogens is 300 g/mol. The number of amides is 1. The minimum Gasteiger partial charge on any atom is -0.496 e. The molecule has 0 aliphatic heterocycles. The molecule has 0 fully saturated rings. The van der Waals surface area contributed by atoms with Gasteiger partial charge in [-0.3, -0.25) is 10.1 Å². The summed E-state index contributed by atoms with van der Waals surface area (Å²) in [5.41, 5.74) is 2.18. The number of benzene rings is 1. The number of hydrogen-bond donors (Lipinski definition) is 1. The Hall–Kier alpha value is -2.67. The number of para-hydroxylation sites is 1. The van der Waals surface area contributed by atoms with Crippen molar-refractivity contribution in [3.05, 3.63) is 41.8 Å². The molecule has 0 bridgehead atoms. The molecule has 2 aromatic heterocycles. The molecule has 0 atom stereocenters. The highest BCUT2D eigenvalue weighted by Crippen LogP contribution is 2.32. The first-order chi connectivity index (χ1) is 10.6. The van der Waals surface area contributed by atoms with Crippen molar-refractivity contribution in [3.63, 3.8) is 0 Å². The standard InChI is InChI=1S/C15H14N4O2S/c1-9(2)13(20)16-14-17-15-19(18-14)11(8-22-15)10-6-4-5-7-12(10)21-3/h4-8H,1H2,2-3H3,(H,16,18,20). The summed E-state index contributed by atoms with van der Waals surface area (Å²) in [6, 6.07) is 7.68. The Labute approximate surface area is 131 Å². The van der Waals surface area contributed by atoms with Gasteiger partial charge in [0.25, 0.3) is 11.9 Å². The third-order valence-electron chi connectivity index (χ3n) is 3.08. The van der Waals surface area contributed by atoms with Gasteiger partial charge in [0, 0.05) is 16.5 Å². The smallest absolute Gasteiger partial charge is 0.253 e. The first-order valence-corrected chi connectivity index (χ1v) is 7.42. The van der Waals surface area contributed by atoms with E-state index < -0.39 is 0 Å². The van der Waals surface area contributed by atoms with Gasteiger partial charge < -0.3 is 4.74 Å². The van der Waals surface area contributed by atoms with Crippen LogP contribution >= 0.6 is 11.3 Å². The third-order valence-corrected chi connectivity index (χ3v) is 3.89. The van der Waals surface area contributed by atoms with Crippen LogP contribution < -0.4 is 10.1 Å². The molecule has 0 aliphatic carbocycles. The van der Waals surface area contributed by atoms with Crippen molar-refractivity contribution in [2.75, 3.05) is 12.4 Å².